The Morgan fingerprint density at radius 1 is 1.03 bits per heavy atom. The topological polar surface area (TPSA) is 47.9 Å². The van der Waals surface area contributed by atoms with E-state index in [1.807, 2.05) is 18.2 Å². The first kappa shape index (κ1) is 21.7. The Balaban J connectivity index is 1.30. The zero-order valence-corrected chi connectivity index (χ0v) is 19.8. The van der Waals surface area contributed by atoms with E-state index in [2.05, 4.69) is 37.2 Å². The van der Waals surface area contributed by atoms with Crippen LogP contribution >= 0.6 is 0 Å². The number of nitrogens with zero attached hydrogens (tertiary/aromatic N) is 1. The molecule has 0 aliphatic heterocycles. The van der Waals surface area contributed by atoms with Gasteiger partial charge in [-0.1, -0.05) is 54.9 Å². The average molecular weight is 436 g/mol. The molecule has 3 fully saturated rings. The Hall–Kier alpha value is -2.10. The second-order valence-electron chi connectivity index (χ2n) is 11.1. The first-order chi connectivity index (χ1) is 15.4. The van der Waals surface area contributed by atoms with Crippen molar-refractivity contribution in [3.63, 3.8) is 0 Å². The first-order valence-corrected chi connectivity index (χ1v) is 12.5. The third-order valence-electron chi connectivity index (χ3n) is 9.45. The molecule has 0 saturated heterocycles. The molecule has 4 nitrogen and oxygen atoms in total. The van der Waals surface area contributed by atoms with E-state index < -0.39 is 0 Å². The number of fused-ring (bicyclic) bond motifs is 5. The molecule has 4 aliphatic rings. The van der Waals surface area contributed by atoms with Crippen LogP contribution in [0.25, 0.3) is 0 Å². The highest BCUT2D eigenvalue weighted by Crippen LogP contribution is 2.65. The van der Waals surface area contributed by atoms with Crippen molar-refractivity contribution < 1.29 is 14.4 Å². The smallest absolute Gasteiger partial charge is 0.302 e. The van der Waals surface area contributed by atoms with Gasteiger partial charge in [0.2, 0.25) is 0 Å². The van der Waals surface area contributed by atoms with E-state index in [0.717, 1.165) is 36.0 Å². The lowest BCUT2D eigenvalue weighted by Crippen LogP contribution is -2.51. The maximum absolute atomic E-state index is 11.7. The normalized spacial score (nSPS) is 39.5. The summed E-state index contributed by atoms with van der Waals surface area (Å²) >= 11 is 0. The molecule has 0 heterocycles. The van der Waals surface area contributed by atoms with Crippen LogP contribution in [0.3, 0.4) is 0 Å². The van der Waals surface area contributed by atoms with Crippen LogP contribution in [0.1, 0.15) is 77.7 Å². The zero-order chi connectivity index (χ0) is 22.3. The summed E-state index contributed by atoms with van der Waals surface area (Å²) in [5, 5.41) is 4.50. The molecule has 0 radical (unpaired) electrons. The number of hydrogen-bond donors (Lipinski definition) is 0. The van der Waals surface area contributed by atoms with E-state index in [-0.39, 0.29) is 22.9 Å². The van der Waals surface area contributed by atoms with Gasteiger partial charge in [0, 0.05) is 12.3 Å². The number of hydrogen-bond acceptors (Lipinski definition) is 4. The lowest BCUT2D eigenvalue weighted by atomic mass is 9.47. The number of benzene rings is 1. The van der Waals surface area contributed by atoms with Gasteiger partial charge in [-0.15, -0.1) is 0 Å². The fraction of sp³-hybridized carbons (Fsp3) is 0.643. The van der Waals surface area contributed by atoms with Gasteiger partial charge in [-0.05, 0) is 86.2 Å². The predicted molar refractivity (Wildman–Crippen MR) is 126 cm³/mol. The lowest BCUT2D eigenvalue weighted by molar-refractivity contribution is -0.157. The van der Waals surface area contributed by atoms with Gasteiger partial charge < -0.3 is 9.57 Å². The molecule has 0 N–H and O–H groups in total. The Bertz CT molecular complexity index is 922. The molecule has 0 spiro atoms. The van der Waals surface area contributed by atoms with E-state index in [4.69, 9.17) is 9.57 Å². The maximum Gasteiger partial charge on any atom is 0.302 e. The van der Waals surface area contributed by atoms with E-state index in [1.165, 1.54) is 38.5 Å². The first-order valence-electron chi connectivity index (χ1n) is 12.5. The van der Waals surface area contributed by atoms with Crippen LogP contribution < -0.4 is 0 Å². The largest absolute Gasteiger partial charge is 0.462 e. The highest BCUT2D eigenvalue weighted by molar-refractivity contribution is 5.96. The van der Waals surface area contributed by atoms with Crippen molar-refractivity contribution in [2.45, 2.75) is 84.8 Å². The van der Waals surface area contributed by atoms with Gasteiger partial charge >= 0.3 is 5.97 Å². The fourth-order valence-corrected chi connectivity index (χ4v) is 7.75. The van der Waals surface area contributed by atoms with Crippen molar-refractivity contribution in [1.29, 1.82) is 0 Å². The second-order valence-corrected chi connectivity index (χ2v) is 11.1. The molecule has 0 bridgehead atoms. The number of esters is 1. The van der Waals surface area contributed by atoms with Crippen LogP contribution in [-0.4, -0.2) is 17.8 Å². The number of allylic oxidation sites excluding steroid dienone is 2. The molecule has 4 heteroatoms. The van der Waals surface area contributed by atoms with Crippen LogP contribution in [0.2, 0.25) is 0 Å². The van der Waals surface area contributed by atoms with Crippen LogP contribution in [0.5, 0.6) is 0 Å². The average Bonchev–Trinajstić information content (AvgIpc) is 3.10. The van der Waals surface area contributed by atoms with Crippen LogP contribution in [0.15, 0.2) is 47.1 Å². The summed E-state index contributed by atoms with van der Waals surface area (Å²) in [5.41, 5.74) is 4.28. The van der Waals surface area contributed by atoms with Crippen molar-refractivity contribution in [1.82, 2.24) is 0 Å². The van der Waals surface area contributed by atoms with Crippen molar-refractivity contribution in [2.75, 3.05) is 0 Å². The lowest BCUT2D eigenvalue weighted by Gasteiger charge is -2.58. The standard InChI is InChI=1S/C28H37NO3/c1-19(30)32-26-12-11-24-23-10-9-21-17-22(29-31-18-20-7-5-4-6-8-20)13-15-27(21,2)25(23)14-16-28(24,26)3/h4-8,17,23-26H,9-16,18H2,1-3H3/b29-22+/t23-,24-,25-,26-,27-,28-/m0/s1. The summed E-state index contributed by atoms with van der Waals surface area (Å²) in [6.45, 7) is 7.00. The van der Waals surface area contributed by atoms with Gasteiger partial charge in [-0.25, -0.2) is 0 Å². The molecule has 0 amide bonds. The van der Waals surface area contributed by atoms with E-state index in [0.29, 0.717) is 12.5 Å². The Kier molecular flexibility index (Phi) is 5.67. The molecule has 172 valence electrons. The van der Waals surface area contributed by atoms with Gasteiger partial charge in [0.25, 0.3) is 0 Å². The molecule has 32 heavy (non-hydrogen) atoms. The molecule has 4 aliphatic carbocycles. The van der Waals surface area contributed by atoms with Gasteiger partial charge in [0.15, 0.2) is 0 Å². The summed E-state index contributed by atoms with van der Waals surface area (Å²) in [7, 11) is 0. The van der Waals surface area contributed by atoms with E-state index in [1.54, 1.807) is 12.5 Å². The highest BCUT2D eigenvalue weighted by Gasteiger charge is 2.59. The van der Waals surface area contributed by atoms with Gasteiger partial charge in [-0.3, -0.25) is 4.79 Å². The molecule has 1 aromatic rings. The SMILES string of the molecule is CC(=O)O[C@H]1CC[C@H]2[C@@H]3CCC4=C/C(=N/OCc5ccccc5)CC[C@]4(C)[C@H]3CC[C@]12C. The summed E-state index contributed by atoms with van der Waals surface area (Å²) in [4.78, 5) is 17.4. The van der Waals surface area contributed by atoms with Crippen LogP contribution in [0, 0.1) is 28.6 Å². The minimum absolute atomic E-state index is 0.113. The molecule has 6 atom stereocenters. The fourth-order valence-electron chi connectivity index (χ4n) is 7.75. The molecule has 1 aromatic carbocycles. The number of carbonyl (C=O) groups excluding carboxylic acids is 1. The number of oxime groups is 1. The summed E-state index contributed by atoms with van der Waals surface area (Å²) < 4.78 is 5.80. The minimum Gasteiger partial charge on any atom is -0.462 e. The van der Waals surface area contributed by atoms with Crippen molar-refractivity contribution in [2.24, 2.45) is 33.7 Å². The van der Waals surface area contributed by atoms with Gasteiger partial charge in [0.1, 0.15) is 12.7 Å². The second kappa shape index (κ2) is 8.35. The van der Waals surface area contributed by atoms with E-state index >= 15 is 0 Å². The Morgan fingerprint density at radius 3 is 2.62 bits per heavy atom. The van der Waals surface area contributed by atoms with Crippen LogP contribution in [0.4, 0.5) is 0 Å². The highest BCUT2D eigenvalue weighted by atomic mass is 16.6. The third kappa shape index (κ3) is 3.70. The number of rotatable bonds is 4. The number of ether oxygens (including phenoxy) is 1. The minimum atomic E-state index is -0.117. The monoisotopic (exact) mass is 435 g/mol. The molecular weight excluding hydrogens is 398 g/mol. The third-order valence-corrected chi connectivity index (χ3v) is 9.45. The van der Waals surface area contributed by atoms with Crippen LogP contribution in [-0.2, 0) is 21.0 Å². The molecule has 3 saturated carbocycles. The van der Waals surface area contributed by atoms with Crippen molar-refractivity contribution in [3.05, 3.63) is 47.5 Å². The van der Waals surface area contributed by atoms with Gasteiger partial charge in [0.05, 0.1) is 5.71 Å². The quantitative estimate of drug-likeness (QED) is 0.403. The molecule has 0 aromatic heterocycles. The van der Waals surface area contributed by atoms with Gasteiger partial charge in [-0.2, -0.15) is 0 Å². The number of carbonyl (C=O) groups is 1. The summed E-state index contributed by atoms with van der Waals surface area (Å²) in [5.74, 6) is 2.06. The van der Waals surface area contributed by atoms with Crippen molar-refractivity contribution in [3.8, 4) is 0 Å². The molecule has 0 unspecified atom stereocenters. The summed E-state index contributed by atoms with van der Waals surface area (Å²) in [6.07, 6.45) is 11.7. The Labute approximate surface area is 192 Å². The predicted octanol–water partition coefficient (Wildman–Crippen LogP) is 6.45. The van der Waals surface area contributed by atoms with Crippen molar-refractivity contribution >= 4 is 11.7 Å². The zero-order valence-electron chi connectivity index (χ0n) is 19.8. The molecular formula is C28H37NO3. The Morgan fingerprint density at radius 2 is 1.84 bits per heavy atom. The van der Waals surface area contributed by atoms with E-state index in [9.17, 15) is 4.79 Å². The summed E-state index contributed by atoms with van der Waals surface area (Å²) in [6, 6.07) is 10.2. The molecule has 5 rings (SSSR count). The maximum atomic E-state index is 11.7.